The van der Waals surface area contributed by atoms with Crippen LogP contribution in [0.2, 0.25) is 0 Å². The summed E-state index contributed by atoms with van der Waals surface area (Å²) in [6.07, 6.45) is 11.9. The van der Waals surface area contributed by atoms with Crippen molar-refractivity contribution < 1.29 is 14.7 Å². The third kappa shape index (κ3) is 1.59. The van der Waals surface area contributed by atoms with Gasteiger partial charge in [0, 0.05) is 12.1 Å². The second kappa shape index (κ2) is 4.12. The summed E-state index contributed by atoms with van der Waals surface area (Å²) in [6, 6.07) is -0.576. The zero-order valence-corrected chi connectivity index (χ0v) is 11.1. The van der Waals surface area contributed by atoms with Crippen molar-refractivity contribution in [1.82, 2.24) is 15.1 Å². The second-order valence-corrected chi connectivity index (χ2v) is 5.22. The van der Waals surface area contributed by atoms with Crippen molar-refractivity contribution in [2.45, 2.75) is 18.9 Å². The predicted octanol–water partition coefficient (Wildman–Crippen LogP) is 1.00. The molecule has 6 heteroatoms. The first-order chi connectivity index (χ1) is 10.2. The summed E-state index contributed by atoms with van der Waals surface area (Å²) < 4.78 is 0. The van der Waals surface area contributed by atoms with Crippen LogP contribution in [-0.4, -0.2) is 32.8 Å². The van der Waals surface area contributed by atoms with E-state index < -0.39 is 6.04 Å². The first kappa shape index (κ1) is 12.0. The predicted molar refractivity (Wildman–Crippen MR) is 74.0 cm³/mol. The van der Waals surface area contributed by atoms with Gasteiger partial charge in [-0.15, -0.1) is 0 Å². The Balaban J connectivity index is 1.78. The highest BCUT2D eigenvalue weighted by Gasteiger charge is 2.43. The van der Waals surface area contributed by atoms with Crippen molar-refractivity contribution in [2.24, 2.45) is 0 Å². The number of rotatable bonds is 1. The summed E-state index contributed by atoms with van der Waals surface area (Å²) in [5, 5.41) is 12.9. The fourth-order valence-electron chi connectivity index (χ4n) is 3.05. The van der Waals surface area contributed by atoms with Gasteiger partial charge in [-0.05, 0) is 30.7 Å². The molecule has 0 saturated carbocycles. The largest absolute Gasteiger partial charge is 0.493 e. The Morgan fingerprint density at radius 1 is 1.19 bits per heavy atom. The van der Waals surface area contributed by atoms with E-state index in [1.165, 1.54) is 0 Å². The van der Waals surface area contributed by atoms with Gasteiger partial charge in [-0.2, -0.15) is 0 Å². The van der Waals surface area contributed by atoms with Crippen molar-refractivity contribution in [3.8, 4) is 0 Å². The highest BCUT2D eigenvalue weighted by atomic mass is 16.3. The molecular formula is C15H13N3O3. The molecule has 4 heterocycles. The fraction of sp³-hybridized carbons (Fsp3) is 0.200. The summed E-state index contributed by atoms with van der Waals surface area (Å²) in [7, 11) is 0. The Hall–Kier alpha value is -2.76. The first-order valence-corrected chi connectivity index (χ1v) is 6.80. The van der Waals surface area contributed by atoms with Gasteiger partial charge in [0.1, 0.15) is 17.6 Å². The van der Waals surface area contributed by atoms with Crippen LogP contribution in [0.3, 0.4) is 0 Å². The number of hydrogen-bond acceptors (Lipinski definition) is 5. The van der Waals surface area contributed by atoms with Gasteiger partial charge in [0.2, 0.25) is 17.7 Å². The summed E-state index contributed by atoms with van der Waals surface area (Å²) in [5.74, 6) is 0.137. The Morgan fingerprint density at radius 2 is 2.00 bits per heavy atom. The van der Waals surface area contributed by atoms with Crippen molar-refractivity contribution in [3.63, 3.8) is 0 Å². The number of aliphatic hydroxyl groups is 1. The lowest BCUT2D eigenvalue weighted by Gasteiger charge is -2.34. The molecule has 0 spiro atoms. The molecule has 0 aromatic heterocycles. The van der Waals surface area contributed by atoms with Crippen molar-refractivity contribution in [2.75, 3.05) is 0 Å². The number of amides is 2. The molecule has 1 fully saturated rings. The van der Waals surface area contributed by atoms with Gasteiger partial charge in [-0.1, -0.05) is 12.2 Å². The van der Waals surface area contributed by atoms with Crippen molar-refractivity contribution in [3.05, 3.63) is 59.6 Å². The van der Waals surface area contributed by atoms with Gasteiger partial charge in [-0.25, -0.2) is 0 Å². The average Bonchev–Trinajstić information content (AvgIpc) is 2.75. The minimum atomic E-state index is -0.576. The minimum absolute atomic E-state index is 0.0429. The standard InChI is InChI=1S/C15H13N3O3/c19-12-8-7-10(14(20)16-12)18-13-6-2-4-9-3-1-5-11(15(18)21)17(9)13/h1-6,10,21H,7-8H2,(H,16,19,20). The molecule has 1 saturated heterocycles. The monoisotopic (exact) mass is 283 g/mol. The maximum atomic E-state index is 12.1. The van der Waals surface area contributed by atoms with Crippen LogP contribution in [0.5, 0.6) is 0 Å². The van der Waals surface area contributed by atoms with E-state index in [0.717, 1.165) is 11.5 Å². The zero-order valence-electron chi connectivity index (χ0n) is 11.1. The summed E-state index contributed by atoms with van der Waals surface area (Å²) in [6.45, 7) is 0. The van der Waals surface area contributed by atoms with E-state index in [0.29, 0.717) is 12.1 Å². The van der Waals surface area contributed by atoms with Crippen LogP contribution < -0.4 is 5.32 Å². The molecule has 4 rings (SSSR count). The molecule has 2 N–H and O–H groups in total. The average molecular weight is 283 g/mol. The summed E-state index contributed by atoms with van der Waals surface area (Å²) in [4.78, 5) is 26.9. The molecule has 2 amide bonds. The Bertz CT molecular complexity index is 712. The molecule has 0 aromatic carbocycles. The lowest BCUT2D eigenvalue weighted by molar-refractivity contribution is -0.137. The second-order valence-electron chi connectivity index (χ2n) is 5.22. The number of allylic oxidation sites excluding steroid dienone is 6. The molecule has 0 aliphatic carbocycles. The summed E-state index contributed by atoms with van der Waals surface area (Å²) in [5.41, 5.74) is 1.58. The molecule has 1 atom stereocenters. The number of carbonyl (C=O) groups excluding carboxylic acids is 2. The molecule has 0 bridgehead atoms. The number of carbonyl (C=O) groups is 2. The van der Waals surface area contributed by atoms with E-state index in [1.807, 2.05) is 35.3 Å². The van der Waals surface area contributed by atoms with E-state index in [9.17, 15) is 14.7 Å². The van der Waals surface area contributed by atoms with Crippen molar-refractivity contribution >= 4 is 11.8 Å². The van der Waals surface area contributed by atoms with E-state index in [4.69, 9.17) is 0 Å². The van der Waals surface area contributed by atoms with Crippen LogP contribution in [0.25, 0.3) is 0 Å². The molecule has 106 valence electrons. The lowest BCUT2D eigenvalue weighted by atomic mass is 10.0. The van der Waals surface area contributed by atoms with Gasteiger partial charge >= 0.3 is 0 Å². The smallest absolute Gasteiger partial charge is 0.249 e. The number of nitrogens with one attached hydrogen (secondary N) is 1. The van der Waals surface area contributed by atoms with Gasteiger partial charge in [0.25, 0.3) is 0 Å². The Morgan fingerprint density at radius 3 is 2.81 bits per heavy atom. The van der Waals surface area contributed by atoms with Crippen LogP contribution in [0.1, 0.15) is 12.8 Å². The quantitative estimate of drug-likeness (QED) is 0.702. The van der Waals surface area contributed by atoms with Crippen LogP contribution in [-0.2, 0) is 9.59 Å². The molecule has 21 heavy (non-hydrogen) atoms. The number of hydrogen-bond donors (Lipinski definition) is 2. The van der Waals surface area contributed by atoms with Crippen molar-refractivity contribution in [1.29, 1.82) is 0 Å². The molecule has 1 unspecified atom stereocenters. The van der Waals surface area contributed by atoms with Crippen LogP contribution in [0.15, 0.2) is 59.6 Å². The minimum Gasteiger partial charge on any atom is -0.493 e. The SMILES string of the molecule is O=C1CCC(N2C3=CC=CC4=CC=CC(=C2O)N43)C(=O)N1. The molecular weight excluding hydrogens is 270 g/mol. The third-order valence-corrected chi connectivity index (χ3v) is 3.99. The van der Waals surface area contributed by atoms with Gasteiger partial charge < -0.3 is 5.11 Å². The number of imide groups is 1. The molecule has 4 aliphatic rings. The van der Waals surface area contributed by atoms with Gasteiger partial charge in [0.15, 0.2) is 0 Å². The van der Waals surface area contributed by atoms with Gasteiger partial charge in [-0.3, -0.25) is 24.7 Å². The molecule has 0 radical (unpaired) electrons. The van der Waals surface area contributed by atoms with E-state index in [1.54, 1.807) is 11.0 Å². The molecule has 6 nitrogen and oxygen atoms in total. The van der Waals surface area contributed by atoms with E-state index >= 15 is 0 Å². The number of aliphatic hydroxyl groups excluding tert-OH is 1. The molecule has 4 aliphatic heterocycles. The first-order valence-electron chi connectivity index (χ1n) is 6.80. The van der Waals surface area contributed by atoms with Crippen LogP contribution >= 0.6 is 0 Å². The fourth-order valence-corrected chi connectivity index (χ4v) is 3.05. The third-order valence-electron chi connectivity index (χ3n) is 3.99. The number of nitrogens with zero attached hydrogens (tertiary/aromatic N) is 2. The van der Waals surface area contributed by atoms with E-state index in [-0.39, 0.29) is 24.1 Å². The van der Waals surface area contributed by atoms with E-state index in [2.05, 4.69) is 5.32 Å². The normalized spacial score (nSPS) is 26.8. The Kier molecular flexibility index (Phi) is 2.35. The summed E-state index contributed by atoms with van der Waals surface area (Å²) >= 11 is 0. The maximum absolute atomic E-state index is 12.1. The highest BCUT2D eigenvalue weighted by Crippen LogP contribution is 2.41. The zero-order chi connectivity index (χ0) is 14.6. The molecule has 0 aromatic rings. The van der Waals surface area contributed by atoms with Crippen LogP contribution in [0.4, 0.5) is 0 Å². The number of piperidine rings is 1. The van der Waals surface area contributed by atoms with Gasteiger partial charge in [0.05, 0.1) is 0 Å². The van der Waals surface area contributed by atoms with Crippen LogP contribution in [0, 0.1) is 0 Å². The lowest BCUT2D eigenvalue weighted by Crippen LogP contribution is -2.51. The highest BCUT2D eigenvalue weighted by molar-refractivity contribution is 6.00. The topological polar surface area (TPSA) is 72.9 Å². The maximum Gasteiger partial charge on any atom is 0.249 e. The Labute approximate surface area is 121 Å².